The molecule has 1 heterocycles. The van der Waals surface area contributed by atoms with Gasteiger partial charge in [-0.1, -0.05) is 29.3 Å². The fraction of sp³-hybridized carbons (Fsp3) is 0.462. The standard InChI is InChI=1S/C13H15Cl2NO3/c1-19-13(18)12-5-10(17)7-16(12)6-8-2-3-9(14)4-11(8)15/h2-4,10,12,17H,5-7H2,1H3. The molecule has 2 rings (SSSR count). The molecule has 1 aromatic rings. The number of benzene rings is 1. The van der Waals surface area contributed by atoms with Crippen LogP contribution in [0.5, 0.6) is 0 Å². The van der Waals surface area contributed by atoms with Gasteiger partial charge in [-0.2, -0.15) is 0 Å². The number of nitrogens with zero attached hydrogens (tertiary/aromatic N) is 1. The molecule has 1 N–H and O–H groups in total. The summed E-state index contributed by atoms with van der Waals surface area (Å²) in [5.74, 6) is -0.332. The molecule has 1 aliphatic rings. The zero-order chi connectivity index (χ0) is 14.0. The van der Waals surface area contributed by atoms with Gasteiger partial charge in [0, 0.05) is 29.6 Å². The van der Waals surface area contributed by atoms with Gasteiger partial charge in [-0.15, -0.1) is 0 Å². The van der Waals surface area contributed by atoms with Gasteiger partial charge >= 0.3 is 5.97 Å². The summed E-state index contributed by atoms with van der Waals surface area (Å²) in [4.78, 5) is 13.5. The highest BCUT2D eigenvalue weighted by Gasteiger charge is 2.36. The molecule has 1 aliphatic heterocycles. The van der Waals surface area contributed by atoms with Gasteiger partial charge in [0.2, 0.25) is 0 Å². The molecule has 1 fully saturated rings. The molecule has 0 amide bonds. The minimum Gasteiger partial charge on any atom is -0.468 e. The molecule has 19 heavy (non-hydrogen) atoms. The Balaban J connectivity index is 2.14. The monoisotopic (exact) mass is 303 g/mol. The second kappa shape index (κ2) is 6.09. The quantitative estimate of drug-likeness (QED) is 0.869. The van der Waals surface area contributed by atoms with Crippen molar-refractivity contribution in [1.29, 1.82) is 0 Å². The summed E-state index contributed by atoms with van der Waals surface area (Å²) in [5.41, 5.74) is 0.870. The molecule has 0 spiro atoms. The second-order valence-corrected chi connectivity index (χ2v) is 5.44. The zero-order valence-electron chi connectivity index (χ0n) is 10.5. The van der Waals surface area contributed by atoms with Crippen molar-refractivity contribution < 1.29 is 14.6 Å². The number of likely N-dealkylation sites (tertiary alicyclic amines) is 1. The molecular weight excluding hydrogens is 289 g/mol. The smallest absolute Gasteiger partial charge is 0.323 e. The minimum atomic E-state index is -0.518. The zero-order valence-corrected chi connectivity index (χ0v) is 12.0. The number of esters is 1. The van der Waals surface area contributed by atoms with Crippen molar-refractivity contribution in [2.45, 2.75) is 25.1 Å². The predicted molar refractivity (Wildman–Crippen MR) is 73.3 cm³/mol. The van der Waals surface area contributed by atoms with E-state index in [1.54, 1.807) is 12.1 Å². The van der Waals surface area contributed by atoms with E-state index in [0.29, 0.717) is 29.6 Å². The van der Waals surface area contributed by atoms with Crippen molar-refractivity contribution in [2.75, 3.05) is 13.7 Å². The first-order valence-electron chi connectivity index (χ1n) is 5.95. The molecule has 2 atom stereocenters. The van der Waals surface area contributed by atoms with Crippen LogP contribution in [0.15, 0.2) is 18.2 Å². The van der Waals surface area contributed by atoms with Crippen molar-refractivity contribution in [2.24, 2.45) is 0 Å². The number of carbonyl (C=O) groups excluding carboxylic acids is 1. The molecule has 0 aliphatic carbocycles. The van der Waals surface area contributed by atoms with E-state index in [-0.39, 0.29) is 5.97 Å². The van der Waals surface area contributed by atoms with Crippen LogP contribution in [0.3, 0.4) is 0 Å². The first kappa shape index (κ1) is 14.6. The summed E-state index contributed by atoms with van der Waals surface area (Å²) in [7, 11) is 1.35. The van der Waals surface area contributed by atoms with Crippen LogP contribution in [0.25, 0.3) is 0 Å². The van der Waals surface area contributed by atoms with Crippen LogP contribution in [0.4, 0.5) is 0 Å². The number of methoxy groups -OCH3 is 1. The summed E-state index contributed by atoms with van der Waals surface area (Å²) in [6, 6.07) is 4.82. The lowest BCUT2D eigenvalue weighted by Crippen LogP contribution is -2.36. The SMILES string of the molecule is COC(=O)C1CC(O)CN1Cc1ccc(Cl)cc1Cl. The Morgan fingerprint density at radius 3 is 2.89 bits per heavy atom. The maximum Gasteiger partial charge on any atom is 0.323 e. The number of aliphatic hydroxyl groups excluding tert-OH is 1. The van der Waals surface area contributed by atoms with E-state index < -0.39 is 12.1 Å². The van der Waals surface area contributed by atoms with Gasteiger partial charge < -0.3 is 9.84 Å². The second-order valence-electron chi connectivity index (χ2n) is 4.59. The Morgan fingerprint density at radius 2 is 2.26 bits per heavy atom. The summed E-state index contributed by atoms with van der Waals surface area (Å²) >= 11 is 12.0. The topological polar surface area (TPSA) is 49.8 Å². The molecule has 4 nitrogen and oxygen atoms in total. The Bertz CT molecular complexity index is 481. The number of β-amino-alcohol motifs (C(OH)–C–C–N with tert-alkyl or cyclic N) is 1. The van der Waals surface area contributed by atoms with Crippen LogP contribution in [-0.2, 0) is 16.1 Å². The molecule has 0 radical (unpaired) electrons. The third-order valence-electron chi connectivity index (χ3n) is 3.24. The van der Waals surface area contributed by atoms with Gasteiger partial charge in [-0.3, -0.25) is 9.69 Å². The molecule has 6 heteroatoms. The van der Waals surface area contributed by atoms with Gasteiger partial charge in [-0.05, 0) is 17.7 Å². The van der Waals surface area contributed by atoms with Crippen molar-refractivity contribution in [3.63, 3.8) is 0 Å². The van der Waals surface area contributed by atoms with Gasteiger partial charge in [-0.25, -0.2) is 0 Å². The minimum absolute atomic E-state index is 0.332. The average molecular weight is 304 g/mol. The number of ether oxygens (including phenoxy) is 1. The highest BCUT2D eigenvalue weighted by Crippen LogP contribution is 2.26. The van der Waals surface area contributed by atoms with Crippen LogP contribution >= 0.6 is 23.2 Å². The van der Waals surface area contributed by atoms with Gasteiger partial charge in [0.1, 0.15) is 6.04 Å². The number of hydrogen-bond acceptors (Lipinski definition) is 4. The van der Waals surface area contributed by atoms with Gasteiger partial charge in [0.25, 0.3) is 0 Å². The van der Waals surface area contributed by atoms with Gasteiger partial charge in [0.05, 0.1) is 13.2 Å². The van der Waals surface area contributed by atoms with E-state index in [0.717, 1.165) is 5.56 Å². The van der Waals surface area contributed by atoms with Crippen LogP contribution in [0.1, 0.15) is 12.0 Å². The van der Waals surface area contributed by atoms with Gasteiger partial charge in [0.15, 0.2) is 0 Å². The van der Waals surface area contributed by atoms with Crippen molar-refractivity contribution >= 4 is 29.2 Å². The molecular formula is C13H15Cl2NO3. The summed E-state index contributed by atoms with van der Waals surface area (Å²) < 4.78 is 4.75. The predicted octanol–water partition coefficient (Wildman–Crippen LogP) is 2.10. The third-order valence-corrected chi connectivity index (χ3v) is 3.83. The highest BCUT2D eigenvalue weighted by atomic mass is 35.5. The fourth-order valence-corrected chi connectivity index (χ4v) is 2.77. The highest BCUT2D eigenvalue weighted by molar-refractivity contribution is 6.35. The first-order chi connectivity index (χ1) is 9.01. The van der Waals surface area contributed by atoms with Crippen molar-refractivity contribution in [3.8, 4) is 0 Å². The Labute approximate surface area is 121 Å². The molecule has 1 saturated heterocycles. The van der Waals surface area contributed by atoms with E-state index in [9.17, 15) is 9.90 Å². The van der Waals surface area contributed by atoms with Crippen molar-refractivity contribution in [3.05, 3.63) is 33.8 Å². The normalized spacial score (nSPS) is 23.6. The van der Waals surface area contributed by atoms with Crippen LogP contribution in [0, 0.1) is 0 Å². The summed E-state index contributed by atoms with van der Waals surface area (Å²) in [6.07, 6.45) is -0.132. The average Bonchev–Trinajstić information content (AvgIpc) is 2.73. The number of halogens is 2. The van der Waals surface area contributed by atoms with Crippen molar-refractivity contribution in [1.82, 2.24) is 4.90 Å². The molecule has 0 saturated carbocycles. The number of aliphatic hydroxyl groups is 1. The molecule has 0 bridgehead atoms. The molecule has 0 aromatic heterocycles. The maximum absolute atomic E-state index is 11.7. The van der Waals surface area contributed by atoms with E-state index in [4.69, 9.17) is 27.9 Å². The third kappa shape index (κ3) is 3.39. The van der Waals surface area contributed by atoms with E-state index in [1.807, 2.05) is 11.0 Å². The molecule has 1 aromatic carbocycles. The maximum atomic E-state index is 11.7. The first-order valence-corrected chi connectivity index (χ1v) is 6.70. The number of carbonyl (C=O) groups is 1. The number of hydrogen-bond donors (Lipinski definition) is 1. The lowest BCUT2D eigenvalue weighted by molar-refractivity contribution is -0.146. The van der Waals surface area contributed by atoms with Crippen LogP contribution in [-0.4, -0.2) is 41.8 Å². The molecule has 104 valence electrons. The largest absolute Gasteiger partial charge is 0.468 e. The van der Waals surface area contributed by atoms with E-state index in [2.05, 4.69) is 0 Å². The lowest BCUT2D eigenvalue weighted by Gasteiger charge is -2.22. The summed E-state index contributed by atoms with van der Waals surface area (Å²) in [5, 5.41) is 10.8. The Morgan fingerprint density at radius 1 is 1.53 bits per heavy atom. The Kier molecular flexibility index (Phi) is 4.68. The fourth-order valence-electron chi connectivity index (χ4n) is 2.30. The van der Waals surface area contributed by atoms with E-state index >= 15 is 0 Å². The lowest BCUT2D eigenvalue weighted by atomic mass is 10.1. The Hall–Kier alpha value is -0.810. The van der Waals surface area contributed by atoms with Crippen LogP contribution in [0.2, 0.25) is 10.0 Å². The molecule has 2 unspecified atom stereocenters. The van der Waals surface area contributed by atoms with Crippen LogP contribution < -0.4 is 0 Å². The number of rotatable bonds is 3. The van der Waals surface area contributed by atoms with E-state index in [1.165, 1.54) is 7.11 Å². The summed E-state index contributed by atoms with van der Waals surface area (Å²) in [6.45, 7) is 0.908.